The minimum atomic E-state index is -1.29. The molecule has 0 spiro atoms. The Bertz CT molecular complexity index is 2240. The third kappa shape index (κ3) is 5.27. The van der Waals surface area contributed by atoms with Crippen molar-refractivity contribution in [3.8, 4) is 33.9 Å². The highest BCUT2D eigenvalue weighted by Crippen LogP contribution is 2.48. The van der Waals surface area contributed by atoms with Crippen molar-refractivity contribution < 1.29 is 0 Å². The van der Waals surface area contributed by atoms with Gasteiger partial charge in [-0.15, -0.1) is 0 Å². The topological polar surface area (TPSA) is 42.5 Å². The van der Waals surface area contributed by atoms with Crippen LogP contribution in [-0.2, 0) is 5.79 Å². The molecule has 0 saturated carbocycles. The van der Waals surface area contributed by atoms with E-state index in [2.05, 4.69) is 133 Å². The van der Waals surface area contributed by atoms with Crippen molar-refractivity contribution >= 4 is 43.3 Å². The number of aliphatic imine (C=N–C) groups is 2. The zero-order chi connectivity index (χ0) is 32.5. The van der Waals surface area contributed by atoms with Crippen molar-refractivity contribution in [2.24, 2.45) is 9.98 Å². The molecule has 0 amide bonds. The Labute approximate surface area is 296 Å². The van der Waals surface area contributed by atoms with Crippen LogP contribution in [0, 0.1) is 0 Å². The van der Waals surface area contributed by atoms with E-state index in [1.54, 1.807) is 0 Å². The maximum atomic E-state index is 5.75. The molecule has 48 heavy (non-hydrogen) atoms. The Kier molecular flexibility index (Phi) is 8.04. The van der Waals surface area contributed by atoms with Crippen LogP contribution in [0.2, 0.25) is 0 Å². The van der Waals surface area contributed by atoms with Crippen LogP contribution in [0.15, 0.2) is 189 Å². The Morgan fingerprint density at radius 2 is 0.875 bits per heavy atom. The van der Waals surface area contributed by atoms with Crippen molar-refractivity contribution in [3.05, 3.63) is 195 Å². The molecule has 2 heterocycles. The number of hydrogen-bond acceptors (Lipinski definition) is 3. The molecule has 0 bridgehead atoms. The Balaban J connectivity index is 1.59. The van der Waals surface area contributed by atoms with E-state index in [4.69, 9.17) is 15.0 Å². The summed E-state index contributed by atoms with van der Waals surface area (Å²) in [7, 11) is 0. The first kappa shape index (κ1) is 30.2. The van der Waals surface area contributed by atoms with Crippen LogP contribution in [-0.4, -0.2) is 21.0 Å². The van der Waals surface area contributed by atoms with Crippen molar-refractivity contribution in [3.63, 3.8) is 0 Å². The van der Waals surface area contributed by atoms with Gasteiger partial charge in [-0.2, -0.15) is 0 Å². The summed E-state index contributed by atoms with van der Waals surface area (Å²) in [5.41, 5.74) is 9.19. The third-order valence-electron chi connectivity index (χ3n) is 8.49. The van der Waals surface area contributed by atoms with E-state index in [0.29, 0.717) is 0 Å². The molecule has 0 aliphatic carbocycles. The quantitative estimate of drug-likeness (QED) is 0.160. The largest absolute Gasteiger partial charge is 0.275 e. The first-order valence-electron chi connectivity index (χ1n) is 15.7. The predicted octanol–water partition coefficient (Wildman–Crippen LogP) is 11.1. The van der Waals surface area contributed by atoms with E-state index in [1.165, 1.54) is 0 Å². The normalized spacial score (nSPS) is 13.6. The molecule has 8 rings (SSSR count). The number of nitrogens with zero attached hydrogens (tertiary/aromatic N) is 4. The summed E-state index contributed by atoms with van der Waals surface area (Å²) >= 11 is 7.81. The molecule has 1 aliphatic rings. The molecular weight excluding hydrogens is 720 g/mol. The molecular formula is C42H28Br2N4. The maximum Gasteiger partial charge on any atom is 0.262 e. The van der Waals surface area contributed by atoms with Gasteiger partial charge in [0.2, 0.25) is 0 Å². The van der Waals surface area contributed by atoms with Gasteiger partial charge in [0.15, 0.2) is 0 Å². The summed E-state index contributed by atoms with van der Waals surface area (Å²) < 4.78 is 4.06. The maximum absolute atomic E-state index is 5.75. The van der Waals surface area contributed by atoms with Gasteiger partial charge in [0.05, 0.1) is 22.8 Å². The first-order chi connectivity index (χ1) is 23.6. The number of benzene rings is 6. The zero-order valence-corrected chi connectivity index (χ0v) is 28.9. The van der Waals surface area contributed by atoms with Crippen LogP contribution in [0.5, 0.6) is 0 Å². The van der Waals surface area contributed by atoms with E-state index in [9.17, 15) is 0 Å². The first-order valence-corrected chi connectivity index (χ1v) is 17.3. The smallest absolute Gasteiger partial charge is 0.262 e. The standard InChI is InChI=1S/C42H28Br2N4/c43-35-27-15-13-25-33(35)41-45-39(31-21-9-3-10-22-31)40(32-23-11-4-12-24-32)48(41)42(34-26-14-16-28-36(34)44)46-37(29-17-5-1-6-18-29)38(47-42)30-19-7-2-8-20-30/h1-28H. The molecule has 1 aliphatic heterocycles. The van der Waals surface area contributed by atoms with Gasteiger partial charge in [0.25, 0.3) is 5.79 Å². The molecule has 4 nitrogen and oxygen atoms in total. The fraction of sp³-hybridized carbons (Fsp3) is 0.0238. The fourth-order valence-electron chi connectivity index (χ4n) is 6.32. The zero-order valence-electron chi connectivity index (χ0n) is 25.7. The SMILES string of the molecule is Brc1ccccc1-c1nc(-c2ccccc2)c(-c2ccccc2)n1C1(c2ccccc2Br)N=C(c2ccccc2)C(c2ccccc2)=N1. The van der Waals surface area contributed by atoms with E-state index < -0.39 is 5.79 Å². The summed E-state index contributed by atoms with van der Waals surface area (Å²) in [6.07, 6.45) is 0. The van der Waals surface area contributed by atoms with E-state index in [1.807, 2.05) is 72.8 Å². The Morgan fingerprint density at radius 3 is 1.40 bits per heavy atom. The van der Waals surface area contributed by atoms with Crippen LogP contribution in [0.25, 0.3) is 33.9 Å². The lowest BCUT2D eigenvalue weighted by Gasteiger charge is -2.30. The summed E-state index contributed by atoms with van der Waals surface area (Å²) in [4.78, 5) is 17.0. The van der Waals surface area contributed by atoms with Gasteiger partial charge in [0, 0.05) is 42.3 Å². The lowest BCUT2D eigenvalue weighted by Crippen LogP contribution is -2.32. The van der Waals surface area contributed by atoms with Crippen LogP contribution in [0.3, 0.4) is 0 Å². The van der Waals surface area contributed by atoms with Gasteiger partial charge < -0.3 is 0 Å². The van der Waals surface area contributed by atoms with Gasteiger partial charge >= 0.3 is 0 Å². The van der Waals surface area contributed by atoms with Gasteiger partial charge in [-0.3, -0.25) is 4.57 Å². The molecule has 6 aromatic carbocycles. The second-order valence-corrected chi connectivity index (χ2v) is 13.2. The second-order valence-electron chi connectivity index (χ2n) is 11.4. The average molecular weight is 749 g/mol. The summed E-state index contributed by atoms with van der Waals surface area (Å²) in [5.74, 6) is -0.545. The van der Waals surface area contributed by atoms with Gasteiger partial charge in [-0.1, -0.05) is 190 Å². The number of imidazole rings is 1. The highest BCUT2D eigenvalue weighted by atomic mass is 79.9. The summed E-state index contributed by atoms with van der Waals surface area (Å²) in [5, 5.41) is 0. The van der Waals surface area contributed by atoms with Gasteiger partial charge in [0.1, 0.15) is 5.82 Å². The van der Waals surface area contributed by atoms with Crippen molar-refractivity contribution in [1.29, 1.82) is 0 Å². The van der Waals surface area contributed by atoms with E-state index in [-0.39, 0.29) is 0 Å². The molecule has 0 radical (unpaired) electrons. The number of rotatable bonds is 7. The predicted molar refractivity (Wildman–Crippen MR) is 203 cm³/mol. The van der Waals surface area contributed by atoms with Crippen LogP contribution in [0.1, 0.15) is 16.7 Å². The second kappa shape index (κ2) is 12.8. The Morgan fingerprint density at radius 1 is 0.438 bits per heavy atom. The lowest BCUT2D eigenvalue weighted by atomic mass is 10.0. The molecule has 0 unspecified atom stereocenters. The molecule has 0 fully saturated rings. The number of hydrogen-bond donors (Lipinski definition) is 0. The minimum absolute atomic E-state index is 0.741. The molecule has 0 atom stereocenters. The van der Waals surface area contributed by atoms with Crippen LogP contribution >= 0.6 is 31.9 Å². The van der Waals surface area contributed by atoms with Crippen molar-refractivity contribution in [2.45, 2.75) is 5.79 Å². The van der Waals surface area contributed by atoms with Crippen molar-refractivity contribution in [1.82, 2.24) is 9.55 Å². The monoisotopic (exact) mass is 746 g/mol. The molecule has 0 N–H and O–H groups in total. The van der Waals surface area contributed by atoms with Crippen molar-refractivity contribution in [2.75, 3.05) is 0 Å². The highest BCUT2D eigenvalue weighted by Gasteiger charge is 2.46. The number of halogens is 2. The molecule has 230 valence electrons. The van der Waals surface area contributed by atoms with E-state index in [0.717, 1.165) is 71.0 Å². The fourth-order valence-corrected chi connectivity index (χ4v) is 7.33. The Hall–Kier alpha value is -5.17. The molecule has 0 saturated heterocycles. The van der Waals surface area contributed by atoms with Gasteiger partial charge in [-0.05, 0) is 12.1 Å². The minimum Gasteiger partial charge on any atom is -0.275 e. The van der Waals surface area contributed by atoms with Crippen LogP contribution < -0.4 is 0 Å². The van der Waals surface area contributed by atoms with Gasteiger partial charge in [-0.25, -0.2) is 15.0 Å². The van der Waals surface area contributed by atoms with E-state index >= 15 is 0 Å². The third-order valence-corrected chi connectivity index (χ3v) is 9.87. The lowest BCUT2D eigenvalue weighted by molar-refractivity contribution is 0.407. The number of aromatic nitrogens is 2. The molecule has 6 heteroatoms. The average Bonchev–Trinajstić information content (AvgIpc) is 3.75. The summed E-state index contributed by atoms with van der Waals surface area (Å²) in [6, 6.07) is 57.9. The molecule has 7 aromatic rings. The van der Waals surface area contributed by atoms with Crippen LogP contribution in [0.4, 0.5) is 0 Å². The molecule has 1 aromatic heterocycles. The summed E-state index contributed by atoms with van der Waals surface area (Å²) in [6.45, 7) is 0. The highest BCUT2D eigenvalue weighted by molar-refractivity contribution is 9.10.